The minimum atomic E-state index is -0.296. The van der Waals surface area contributed by atoms with E-state index in [9.17, 15) is 9.18 Å². The van der Waals surface area contributed by atoms with E-state index >= 15 is 0 Å². The van der Waals surface area contributed by atoms with Crippen molar-refractivity contribution in [2.75, 3.05) is 38.1 Å². The van der Waals surface area contributed by atoms with Gasteiger partial charge in [0.2, 0.25) is 11.8 Å². The molecule has 1 fully saturated rings. The Morgan fingerprint density at radius 3 is 2.41 bits per heavy atom. The molecule has 7 heteroatoms. The molecule has 0 aliphatic carbocycles. The largest absolute Gasteiger partial charge is 0.338 e. The zero-order valence-corrected chi connectivity index (χ0v) is 16.4. The highest BCUT2D eigenvalue weighted by Crippen LogP contribution is 2.33. The van der Waals surface area contributed by atoms with Gasteiger partial charge in [-0.25, -0.2) is 4.39 Å². The molecule has 1 amide bonds. The van der Waals surface area contributed by atoms with Crippen LogP contribution in [0.4, 0.5) is 10.3 Å². The number of carbonyl (C=O) groups is 1. The van der Waals surface area contributed by atoms with Crippen molar-refractivity contribution < 1.29 is 13.7 Å². The van der Waals surface area contributed by atoms with Crippen molar-refractivity contribution in [3.8, 4) is 11.3 Å². The molecule has 0 N–H and O–H groups in total. The van der Waals surface area contributed by atoms with E-state index in [1.807, 2.05) is 13.8 Å². The van der Waals surface area contributed by atoms with Crippen LogP contribution in [0.15, 0.2) is 28.8 Å². The van der Waals surface area contributed by atoms with Gasteiger partial charge < -0.3 is 19.2 Å². The van der Waals surface area contributed by atoms with E-state index in [1.54, 1.807) is 24.0 Å². The standard InChI is InChI=1S/C20H27FN4O2/c1-14(2)25(15(3)26)13-18-19(16-5-7-17(21)8-6-16)22-27-20(18)24-11-9-23(4)10-12-24/h5-8,14H,9-13H2,1-4H3. The lowest BCUT2D eigenvalue weighted by molar-refractivity contribution is -0.131. The molecule has 1 aromatic carbocycles. The van der Waals surface area contributed by atoms with Crippen LogP contribution in [0.1, 0.15) is 26.3 Å². The number of benzene rings is 1. The molecule has 27 heavy (non-hydrogen) atoms. The second-order valence-corrected chi connectivity index (χ2v) is 7.35. The van der Waals surface area contributed by atoms with E-state index in [2.05, 4.69) is 22.0 Å². The van der Waals surface area contributed by atoms with Gasteiger partial charge in [-0.3, -0.25) is 4.79 Å². The highest BCUT2D eigenvalue weighted by Gasteiger charge is 2.27. The first-order valence-electron chi connectivity index (χ1n) is 9.32. The zero-order chi connectivity index (χ0) is 19.6. The van der Waals surface area contributed by atoms with Crippen LogP contribution >= 0.6 is 0 Å². The van der Waals surface area contributed by atoms with Crippen molar-refractivity contribution in [1.29, 1.82) is 0 Å². The Morgan fingerprint density at radius 1 is 1.22 bits per heavy atom. The number of halogens is 1. The first kappa shape index (κ1) is 19.4. The number of likely N-dealkylation sites (N-methyl/N-ethyl adjacent to an activating group) is 1. The van der Waals surface area contributed by atoms with Gasteiger partial charge in [-0.1, -0.05) is 5.16 Å². The highest BCUT2D eigenvalue weighted by molar-refractivity contribution is 5.75. The summed E-state index contributed by atoms with van der Waals surface area (Å²) in [6, 6.07) is 6.26. The molecular weight excluding hydrogens is 347 g/mol. The van der Waals surface area contributed by atoms with Crippen molar-refractivity contribution in [3.05, 3.63) is 35.6 Å². The van der Waals surface area contributed by atoms with Gasteiger partial charge in [-0.15, -0.1) is 0 Å². The maximum atomic E-state index is 13.3. The van der Waals surface area contributed by atoms with Gasteiger partial charge >= 0.3 is 0 Å². The lowest BCUT2D eigenvalue weighted by atomic mass is 10.1. The average Bonchev–Trinajstić information content (AvgIpc) is 3.04. The minimum Gasteiger partial charge on any atom is -0.338 e. The Kier molecular flexibility index (Phi) is 5.79. The number of amides is 1. The van der Waals surface area contributed by atoms with Gasteiger partial charge in [0, 0.05) is 44.7 Å². The Bertz CT molecular complexity index is 780. The smallest absolute Gasteiger partial charge is 0.232 e. The fraction of sp³-hybridized carbons (Fsp3) is 0.500. The third kappa shape index (κ3) is 4.30. The number of anilines is 1. The molecule has 0 saturated carbocycles. The Balaban J connectivity index is 2.00. The van der Waals surface area contributed by atoms with Crippen LogP contribution in [0, 0.1) is 5.82 Å². The highest BCUT2D eigenvalue weighted by atomic mass is 19.1. The molecule has 2 aromatic rings. The van der Waals surface area contributed by atoms with Crippen molar-refractivity contribution >= 4 is 11.8 Å². The summed E-state index contributed by atoms with van der Waals surface area (Å²) < 4.78 is 19.1. The molecule has 1 aliphatic rings. The van der Waals surface area contributed by atoms with E-state index in [0.717, 1.165) is 37.3 Å². The van der Waals surface area contributed by atoms with E-state index < -0.39 is 0 Å². The fourth-order valence-electron chi connectivity index (χ4n) is 3.36. The molecule has 0 atom stereocenters. The first-order chi connectivity index (χ1) is 12.9. The molecular formula is C20H27FN4O2. The van der Waals surface area contributed by atoms with Crippen molar-refractivity contribution in [2.45, 2.75) is 33.4 Å². The van der Waals surface area contributed by atoms with Crippen LogP contribution in [0.5, 0.6) is 0 Å². The van der Waals surface area contributed by atoms with E-state index in [4.69, 9.17) is 4.52 Å². The lowest BCUT2D eigenvalue weighted by Crippen LogP contribution is -2.45. The summed E-state index contributed by atoms with van der Waals surface area (Å²) in [4.78, 5) is 18.4. The van der Waals surface area contributed by atoms with Crippen LogP contribution in [0.25, 0.3) is 11.3 Å². The molecule has 146 valence electrons. The fourth-order valence-corrected chi connectivity index (χ4v) is 3.36. The second-order valence-electron chi connectivity index (χ2n) is 7.35. The number of hydrogen-bond acceptors (Lipinski definition) is 5. The van der Waals surface area contributed by atoms with Gasteiger partial charge in [0.05, 0.1) is 12.1 Å². The molecule has 0 spiro atoms. The Hall–Kier alpha value is -2.41. The average molecular weight is 374 g/mol. The van der Waals surface area contributed by atoms with Crippen molar-refractivity contribution in [1.82, 2.24) is 15.0 Å². The van der Waals surface area contributed by atoms with Gasteiger partial charge in [0.25, 0.3) is 0 Å². The van der Waals surface area contributed by atoms with Crippen LogP contribution < -0.4 is 4.90 Å². The molecule has 0 bridgehead atoms. The molecule has 0 unspecified atom stereocenters. The molecule has 1 aromatic heterocycles. The SMILES string of the molecule is CC(=O)N(Cc1c(-c2ccc(F)cc2)noc1N1CCN(C)CC1)C(C)C. The number of carbonyl (C=O) groups excluding carboxylic acids is 1. The maximum Gasteiger partial charge on any atom is 0.232 e. The summed E-state index contributed by atoms with van der Waals surface area (Å²) in [5.74, 6) is 0.408. The summed E-state index contributed by atoms with van der Waals surface area (Å²) in [6.45, 7) is 9.50. The van der Waals surface area contributed by atoms with Crippen LogP contribution in [0.2, 0.25) is 0 Å². The second kappa shape index (κ2) is 8.08. The van der Waals surface area contributed by atoms with Crippen LogP contribution in [-0.4, -0.2) is 60.1 Å². The topological polar surface area (TPSA) is 52.8 Å². The Labute approximate surface area is 159 Å². The summed E-state index contributed by atoms with van der Waals surface area (Å²) in [5.41, 5.74) is 2.31. The van der Waals surface area contributed by atoms with Gasteiger partial charge in [0.1, 0.15) is 11.5 Å². The van der Waals surface area contributed by atoms with Gasteiger partial charge in [-0.2, -0.15) is 0 Å². The lowest BCUT2D eigenvalue weighted by Gasteiger charge is -2.33. The van der Waals surface area contributed by atoms with E-state index in [-0.39, 0.29) is 17.8 Å². The quantitative estimate of drug-likeness (QED) is 0.805. The van der Waals surface area contributed by atoms with Crippen LogP contribution in [-0.2, 0) is 11.3 Å². The first-order valence-corrected chi connectivity index (χ1v) is 9.32. The molecule has 3 rings (SSSR count). The predicted molar refractivity (Wildman–Crippen MR) is 103 cm³/mol. The number of nitrogens with zero attached hydrogens (tertiary/aromatic N) is 4. The van der Waals surface area contributed by atoms with Gasteiger partial charge in [-0.05, 0) is 45.2 Å². The van der Waals surface area contributed by atoms with E-state index in [0.29, 0.717) is 18.1 Å². The number of piperazine rings is 1. The van der Waals surface area contributed by atoms with Crippen molar-refractivity contribution in [2.24, 2.45) is 0 Å². The van der Waals surface area contributed by atoms with Crippen LogP contribution in [0.3, 0.4) is 0 Å². The third-order valence-electron chi connectivity index (χ3n) is 5.03. The van der Waals surface area contributed by atoms with E-state index in [1.165, 1.54) is 12.1 Å². The molecule has 2 heterocycles. The Morgan fingerprint density at radius 2 is 1.85 bits per heavy atom. The van der Waals surface area contributed by atoms with Gasteiger partial charge in [0.15, 0.2) is 0 Å². The number of hydrogen-bond donors (Lipinski definition) is 0. The third-order valence-corrected chi connectivity index (χ3v) is 5.03. The zero-order valence-electron chi connectivity index (χ0n) is 16.4. The predicted octanol–water partition coefficient (Wildman–Crippen LogP) is 2.99. The monoisotopic (exact) mass is 374 g/mol. The molecule has 0 radical (unpaired) electrons. The van der Waals surface area contributed by atoms with Crippen molar-refractivity contribution in [3.63, 3.8) is 0 Å². The summed E-state index contributed by atoms with van der Waals surface area (Å²) in [6.07, 6.45) is 0. The molecule has 1 saturated heterocycles. The normalized spacial score (nSPS) is 15.4. The number of aromatic nitrogens is 1. The molecule has 1 aliphatic heterocycles. The summed E-state index contributed by atoms with van der Waals surface area (Å²) in [7, 11) is 2.10. The molecule has 6 nitrogen and oxygen atoms in total. The summed E-state index contributed by atoms with van der Waals surface area (Å²) in [5, 5.41) is 4.29. The maximum absolute atomic E-state index is 13.3. The summed E-state index contributed by atoms with van der Waals surface area (Å²) >= 11 is 0. The minimum absolute atomic E-state index is 0.000540. The number of rotatable bonds is 5.